The maximum Gasteiger partial charge on any atom is 0.224 e. The monoisotopic (exact) mass is 374 g/mol. The van der Waals surface area contributed by atoms with Crippen LogP contribution in [0.1, 0.15) is 22.3 Å². The fourth-order valence-corrected chi connectivity index (χ4v) is 3.57. The highest BCUT2D eigenvalue weighted by Crippen LogP contribution is 2.10. The van der Waals surface area contributed by atoms with Crippen molar-refractivity contribution < 1.29 is 13.2 Å². The van der Waals surface area contributed by atoms with E-state index < -0.39 is 10.0 Å². The molecule has 0 saturated carbocycles. The molecule has 0 fully saturated rings. The Kier molecular flexibility index (Phi) is 6.94. The van der Waals surface area contributed by atoms with Crippen LogP contribution < -0.4 is 5.32 Å². The molecule has 0 radical (unpaired) electrons. The van der Waals surface area contributed by atoms with E-state index in [1.54, 1.807) is 0 Å². The van der Waals surface area contributed by atoms with Gasteiger partial charge in [0.15, 0.2) is 0 Å². The number of rotatable bonds is 8. The van der Waals surface area contributed by atoms with Gasteiger partial charge in [0, 0.05) is 19.6 Å². The van der Waals surface area contributed by atoms with Crippen LogP contribution >= 0.6 is 0 Å². The minimum absolute atomic E-state index is 0.111. The Morgan fingerprint density at radius 1 is 1.00 bits per heavy atom. The zero-order valence-corrected chi connectivity index (χ0v) is 16.3. The van der Waals surface area contributed by atoms with Crippen molar-refractivity contribution in [3.63, 3.8) is 0 Å². The van der Waals surface area contributed by atoms with Crippen LogP contribution in [0.4, 0.5) is 0 Å². The van der Waals surface area contributed by atoms with Crippen LogP contribution in [0.3, 0.4) is 0 Å². The third kappa shape index (κ3) is 6.61. The van der Waals surface area contributed by atoms with Crippen molar-refractivity contribution in [2.45, 2.75) is 26.8 Å². The van der Waals surface area contributed by atoms with E-state index in [1.165, 1.54) is 10.6 Å². The quantitative estimate of drug-likeness (QED) is 0.772. The van der Waals surface area contributed by atoms with Gasteiger partial charge in [-0.15, -0.1) is 0 Å². The highest BCUT2D eigenvalue weighted by atomic mass is 32.2. The van der Waals surface area contributed by atoms with Gasteiger partial charge in [-0.25, -0.2) is 8.42 Å². The van der Waals surface area contributed by atoms with E-state index in [4.69, 9.17) is 0 Å². The maximum atomic E-state index is 12.1. The molecule has 0 heterocycles. The molecule has 0 aromatic heterocycles. The molecule has 0 atom stereocenters. The second-order valence-corrected chi connectivity index (χ2v) is 8.58. The van der Waals surface area contributed by atoms with Crippen LogP contribution in [-0.4, -0.2) is 38.0 Å². The average molecular weight is 375 g/mol. The SMILES string of the molecule is Cc1cccc(CC(=O)NCCN(Cc2cccc(C)c2)S(C)(=O)=O)c1. The fraction of sp³-hybridized carbons (Fsp3) is 0.350. The van der Waals surface area contributed by atoms with E-state index >= 15 is 0 Å². The molecule has 5 nitrogen and oxygen atoms in total. The van der Waals surface area contributed by atoms with Crippen LogP contribution in [0.15, 0.2) is 48.5 Å². The summed E-state index contributed by atoms with van der Waals surface area (Å²) in [5, 5.41) is 2.81. The van der Waals surface area contributed by atoms with Crippen molar-refractivity contribution in [3.05, 3.63) is 70.8 Å². The lowest BCUT2D eigenvalue weighted by Gasteiger charge is -2.20. The summed E-state index contributed by atoms with van der Waals surface area (Å²) in [5.41, 5.74) is 4.07. The largest absolute Gasteiger partial charge is 0.354 e. The summed E-state index contributed by atoms with van der Waals surface area (Å²) in [4.78, 5) is 12.1. The number of amides is 1. The third-order valence-corrected chi connectivity index (χ3v) is 5.29. The van der Waals surface area contributed by atoms with Gasteiger partial charge in [-0.05, 0) is 25.0 Å². The van der Waals surface area contributed by atoms with E-state index in [9.17, 15) is 13.2 Å². The molecule has 2 aromatic carbocycles. The molecule has 26 heavy (non-hydrogen) atoms. The summed E-state index contributed by atoms with van der Waals surface area (Å²) in [6.45, 7) is 4.78. The Labute approximate surface area is 156 Å². The van der Waals surface area contributed by atoms with Gasteiger partial charge < -0.3 is 5.32 Å². The van der Waals surface area contributed by atoms with Crippen molar-refractivity contribution in [1.82, 2.24) is 9.62 Å². The maximum absolute atomic E-state index is 12.1. The third-order valence-electron chi connectivity index (χ3n) is 4.04. The molecule has 0 unspecified atom stereocenters. The lowest BCUT2D eigenvalue weighted by atomic mass is 10.1. The average Bonchev–Trinajstić information content (AvgIpc) is 2.53. The van der Waals surface area contributed by atoms with Gasteiger partial charge in [0.25, 0.3) is 0 Å². The highest BCUT2D eigenvalue weighted by molar-refractivity contribution is 7.88. The number of hydrogen-bond acceptors (Lipinski definition) is 3. The van der Waals surface area contributed by atoms with Crippen molar-refractivity contribution in [2.75, 3.05) is 19.3 Å². The second-order valence-electron chi connectivity index (χ2n) is 6.60. The number of carbonyl (C=O) groups excluding carboxylic acids is 1. The predicted molar refractivity (Wildman–Crippen MR) is 104 cm³/mol. The molecule has 1 N–H and O–H groups in total. The highest BCUT2D eigenvalue weighted by Gasteiger charge is 2.17. The summed E-state index contributed by atoms with van der Waals surface area (Å²) >= 11 is 0. The minimum Gasteiger partial charge on any atom is -0.354 e. The lowest BCUT2D eigenvalue weighted by Crippen LogP contribution is -2.38. The van der Waals surface area contributed by atoms with Crippen LogP contribution in [0, 0.1) is 13.8 Å². The van der Waals surface area contributed by atoms with Crippen molar-refractivity contribution in [2.24, 2.45) is 0 Å². The van der Waals surface area contributed by atoms with Gasteiger partial charge in [0.2, 0.25) is 15.9 Å². The minimum atomic E-state index is -3.36. The van der Waals surface area contributed by atoms with Gasteiger partial charge in [-0.1, -0.05) is 59.7 Å². The number of nitrogens with one attached hydrogen (secondary N) is 1. The summed E-state index contributed by atoms with van der Waals surface area (Å²) in [5.74, 6) is -0.111. The number of carbonyl (C=O) groups is 1. The summed E-state index contributed by atoms with van der Waals surface area (Å²) in [7, 11) is -3.36. The normalized spacial score (nSPS) is 11.5. The Morgan fingerprint density at radius 2 is 1.58 bits per heavy atom. The van der Waals surface area contributed by atoms with E-state index in [1.807, 2.05) is 62.4 Å². The standard InChI is InChI=1S/C20H26N2O3S/c1-16-6-4-8-18(12-16)14-20(23)21-10-11-22(26(3,24)25)15-19-9-5-7-17(2)13-19/h4-9,12-13H,10-11,14-15H2,1-3H3,(H,21,23). The summed E-state index contributed by atoms with van der Waals surface area (Å²) in [6.07, 6.45) is 1.48. The van der Waals surface area contributed by atoms with E-state index in [0.717, 1.165) is 22.3 Å². The van der Waals surface area contributed by atoms with Gasteiger partial charge >= 0.3 is 0 Å². The van der Waals surface area contributed by atoms with Crippen LogP contribution in [0.5, 0.6) is 0 Å². The van der Waals surface area contributed by atoms with Crippen LogP contribution in [-0.2, 0) is 27.8 Å². The summed E-state index contributed by atoms with van der Waals surface area (Å²) < 4.78 is 25.5. The zero-order chi connectivity index (χ0) is 19.2. The molecular weight excluding hydrogens is 348 g/mol. The first kappa shape index (κ1) is 20.1. The lowest BCUT2D eigenvalue weighted by molar-refractivity contribution is -0.120. The summed E-state index contributed by atoms with van der Waals surface area (Å²) in [6, 6.07) is 15.5. The topological polar surface area (TPSA) is 66.5 Å². The first-order chi connectivity index (χ1) is 12.2. The van der Waals surface area contributed by atoms with Crippen LogP contribution in [0.25, 0.3) is 0 Å². The van der Waals surface area contributed by atoms with Gasteiger partial charge in [0.05, 0.1) is 12.7 Å². The second kappa shape index (κ2) is 8.96. The smallest absolute Gasteiger partial charge is 0.224 e. The number of benzene rings is 2. The number of nitrogens with zero attached hydrogens (tertiary/aromatic N) is 1. The Bertz CT molecular complexity index is 863. The molecule has 2 rings (SSSR count). The molecular formula is C20H26N2O3S. The molecule has 0 saturated heterocycles. The molecule has 140 valence electrons. The molecule has 0 aliphatic heterocycles. The Balaban J connectivity index is 1.90. The predicted octanol–water partition coefficient (Wildman–Crippen LogP) is 2.42. The molecule has 0 aliphatic rings. The van der Waals surface area contributed by atoms with Gasteiger partial charge in [-0.2, -0.15) is 4.31 Å². The molecule has 1 amide bonds. The van der Waals surface area contributed by atoms with Crippen molar-refractivity contribution in [3.8, 4) is 0 Å². The van der Waals surface area contributed by atoms with Gasteiger partial charge in [0.1, 0.15) is 0 Å². The first-order valence-electron chi connectivity index (χ1n) is 8.57. The fourth-order valence-electron chi connectivity index (χ4n) is 2.77. The Morgan fingerprint density at radius 3 is 2.15 bits per heavy atom. The molecule has 2 aromatic rings. The Hall–Kier alpha value is -2.18. The van der Waals surface area contributed by atoms with E-state index in [2.05, 4.69) is 5.32 Å². The van der Waals surface area contributed by atoms with E-state index in [0.29, 0.717) is 13.0 Å². The molecule has 0 bridgehead atoms. The number of aryl methyl sites for hydroxylation is 2. The zero-order valence-electron chi connectivity index (χ0n) is 15.5. The number of sulfonamides is 1. The molecule has 6 heteroatoms. The molecule has 0 aliphatic carbocycles. The molecule has 0 spiro atoms. The van der Waals surface area contributed by atoms with Crippen molar-refractivity contribution in [1.29, 1.82) is 0 Å². The van der Waals surface area contributed by atoms with E-state index in [-0.39, 0.29) is 19.0 Å². The first-order valence-corrected chi connectivity index (χ1v) is 10.4. The number of hydrogen-bond donors (Lipinski definition) is 1. The van der Waals surface area contributed by atoms with Crippen LogP contribution in [0.2, 0.25) is 0 Å². The van der Waals surface area contributed by atoms with Gasteiger partial charge in [-0.3, -0.25) is 4.79 Å². The van der Waals surface area contributed by atoms with Crippen molar-refractivity contribution >= 4 is 15.9 Å².